The summed E-state index contributed by atoms with van der Waals surface area (Å²) in [4.78, 5) is 39.5. The van der Waals surface area contributed by atoms with Crippen molar-refractivity contribution in [3.8, 4) is 16.8 Å². The molecule has 0 saturated carbocycles. The lowest BCUT2D eigenvalue weighted by Crippen LogP contribution is -2.50. The first-order chi connectivity index (χ1) is 21.2. The quantitative estimate of drug-likeness (QED) is 0.409. The number of carbonyl (C=O) groups excluding carboxylic acids is 1. The summed E-state index contributed by atoms with van der Waals surface area (Å²) in [5.41, 5.74) is 0.130. The summed E-state index contributed by atoms with van der Waals surface area (Å²) in [5.74, 6) is -3.12. The van der Waals surface area contributed by atoms with Crippen molar-refractivity contribution in [3.05, 3.63) is 63.8 Å². The Bertz CT molecular complexity index is 1640. The van der Waals surface area contributed by atoms with Gasteiger partial charge in [0.25, 0.3) is 11.5 Å². The van der Waals surface area contributed by atoms with Gasteiger partial charge in [0, 0.05) is 75.1 Å². The topological polar surface area (TPSA) is 110 Å². The molecule has 0 spiro atoms. The first kappa shape index (κ1) is 32.3. The van der Waals surface area contributed by atoms with Crippen LogP contribution in [0.1, 0.15) is 36.7 Å². The van der Waals surface area contributed by atoms with Crippen LogP contribution in [0.3, 0.4) is 0 Å². The number of carbonyl (C=O) groups is 1. The monoisotopic (exact) mass is 635 g/mol. The number of nitrogens with two attached hydrogens (primary N) is 1. The van der Waals surface area contributed by atoms with E-state index >= 15 is 8.78 Å². The molecule has 0 unspecified atom stereocenters. The van der Waals surface area contributed by atoms with E-state index in [1.54, 1.807) is 4.90 Å². The van der Waals surface area contributed by atoms with Crippen molar-refractivity contribution < 1.29 is 31.5 Å². The summed E-state index contributed by atoms with van der Waals surface area (Å²) in [6.07, 6.45) is -2.08. The molecule has 3 aromatic rings. The molecule has 2 fully saturated rings. The number of aromatic nitrogens is 3. The number of benzene rings is 1. The number of amides is 1. The fourth-order valence-electron chi connectivity index (χ4n) is 5.61. The van der Waals surface area contributed by atoms with Crippen LogP contribution in [0.5, 0.6) is 0 Å². The van der Waals surface area contributed by atoms with Crippen LogP contribution in [0.2, 0.25) is 0 Å². The summed E-state index contributed by atoms with van der Waals surface area (Å²) < 4.78 is 80.0. The van der Waals surface area contributed by atoms with Gasteiger partial charge in [0.05, 0.1) is 35.1 Å². The second-order valence-corrected chi connectivity index (χ2v) is 11.7. The number of hydrogen-bond donors (Lipinski definition) is 1. The maximum absolute atomic E-state index is 16.7. The largest absolute Gasteiger partial charge is 0.417 e. The summed E-state index contributed by atoms with van der Waals surface area (Å²) in [6.45, 7) is 8.58. The van der Waals surface area contributed by atoms with E-state index in [1.807, 2.05) is 37.6 Å². The SMILES string of the molecule is CC(C)[C@@H]1CN(c2ncc(-c3c(F)cc(N4CCN(C)[C@@H](C)C4)c(-n4cc(C(N)=O)c(C(F)(F)F)cc4=O)c3F)cn2)CCO1. The van der Waals surface area contributed by atoms with Crippen LogP contribution in [-0.2, 0) is 10.9 Å². The van der Waals surface area contributed by atoms with Crippen molar-refractivity contribution in [2.75, 3.05) is 56.2 Å². The van der Waals surface area contributed by atoms with Gasteiger partial charge in [0.15, 0.2) is 5.82 Å². The second kappa shape index (κ2) is 12.4. The van der Waals surface area contributed by atoms with E-state index < -0.39 is 51.7 Å². The number of primary amides is 1. The Morgan fingerprint density at radius 3 is 2.36 bits per heavy atom. The highest BCUT2D eigenvalue weighted by molar-refractivity contribution is 5.94. The van der Waals surface area contributed by atoms with Gasteiger partial charge in [-0.05, 0) is 19.9 Å². The van der Waals surface area contributed by atoms with Gasteiger partial charge in [-0.3, -0.25) is 14.2 Å². The van der Waals surface area contributed by atoms with Gasteiger partial charge in [-0.15, -0.1) is 0 Å². The molecule has 10 nitrogen and oxygen atoms in total. The van der Waals surface area contributed by atoms with Gasteiger partial charge in [-0.2, -0.15) is 13.2 Å². The highest BCUT2D eigenvalue weighted by Crippen LogP contribution is 2.38. The molecule has 4 heterocycles. The molecular formula is C30H34F5N7O3. The fraction of sp³-hybridized carbons (Fsp3) is 0.467. The van der Waals surface area contributed by atoms with Crippen LogP contribution in [0.4, 0.5) is 33.6 Å². The molecule has 2 N–H and O–H groups in total. The number of anilines is 2. The number of nitrogens with zero attached hydrogens (tertiary/aromatic N) is 6. The number of likely N-dealkylation sites (N-methyl/N-ethyl adjacent to an activating group) is 1. The van der Waals surface area contributed by atoms with E-state index in [0.717, 1.165) is 6.07 Å². The van der Waals surface area contributed by atoms with Gasteiger partial charge in [-0.25, -0.2) is 18.7 Å². The van der Waals surface area contributed by atoms with Crippen LogP contribution >= 0.6 is 0 Å². The minimum Gasteiger partial charge on any atom is -0.374 e. The zero-order valence-corrected chi connectivity index (χ0v) is 25.2. The predicted molar refractivity (Wildman–Crippen MR) is 158 cm³/mol. The van der Waals surface area contributed by atoms with Crippen LogP contribution in [-0.4, -0.2) is 83.9 Å². The lowest BCUT2D eigenvalue weighted by atomic mass is 10.0. The van der Waals surface area contributed by atoms with Crippen LogP contribution in [0.25, 0.3) is 16.8 Å². The number of halogens is 5. The summed E-state index contributed by atoms with van der Waals surface area (Å²) >= 11 is 0. The molecular weight excluding hydrogens is 601 g/mol. The van der Waals surface area contributed by atoms with Crippen LogP contribution < -0.4 is 21.1 Å². The Kier molecular flexibility index (Phi) is 8.86. The molecule has 5 rings (SSSR count). The van der Waals surface area contributed by atoms with Crippen molar-refractivity contribution in [2.24, 2.45) is 11.7 Å². The zero-order chi connectivity index (χ0) is 32.8. The molecule has 242 valence electrons. The van der Waals surface area contributed by atoms with E-state index in [2.05, 4.69) is 9.97 Å². The van der Waals surface area contributed by atoms with Crippen LogP contribution in [0, 0.1) is 17.6 Å². The van der Waals surface area contributed by atoms with Crippen molar-refractivity contribution in [2.45, 2.75) is 39.1 Å². The summed E-state index contributed by atoms with van der Waals surface area (Å²) in [5, 5.41) is 0. The Morgan fingerprint density at radius 1 is 1.07 bits per heavy atom. The normalized spacial score (nSPS) is 19.8. The highest BCUT2D eigenvalue weighted by Gasteiger charge is 2.37. The average Bonchev–Trinajstić information content (AvgIpc) is 2.98. The molecule has 0 bridgehead atoms. The molecule has 2 aliphatic rings. The summed E-state index contributed by atoms with van der Waals surface area (Å²) in [6, 6.07) is 1.16. The lowest BCUT2D eigenvalue weighted by molar-refractivity contribution is -0.138. The highest BCUT2D eigenvalue weighted by atomic mass is 19.4. The number of morpholine rings is 1. The summed E-state index contributed by atoms with van der Waals surface area (Å²) in [7, 11) is 1.89. The van der Waals surface area contributed by atoms with Crippen LogP contribution in [0.15, 0.2) is 35.5 Å². The number of alkyl halides is 3. The molecule has 1 amide bonds. The van der Waals surface area contributed by atoms with Crippen molar-refractivity contribution in [3.63, 3.8) is 0 Å². The van der Waals surface area contributed by atoms with Gasteiger partial charge in [0.1, 0.15) is 11.5 Å². The lowest BCUT2D eigenvalue weighted by Gasteiger charge is -2.40. The van der Waals surface area contributed by atoms with E-state index in [4.69, 9.17) is 10.5 Å². The number of ether oxygens (including phenoxy) is 1. The second-order valence-electron chi connectivity index (χ2n) is 11.7. The number of pyridine rings is 1. The Balaban J connectivity index is 1.66. The molecule has 2 aromatic heterocycles. The Labute approximate surface area is 256 Å². The standard InChI is InChI=1S/C30H34F5N7O3/c1-16(2)23-15-41(7-8-45-23)29-37-11-18(12-38-29)25-21(31)10-22(40-6-5-39(4)17(3)13-40)27(26(25)32)42-14-19(28(36)44)20(9-24(42)43)30(33,34)35/h9-12,14,16-17,23H,5-8,13,15H2,1-4H3,(H2,36,44)/t17-,23-/m0/s1. The van der Waals surface area contributed by atoms with E-state index in [0.29, 0.717) is 56.0 Å². The first-order valence-electron chi connectivity index (χ1n) is 14.5. The number of hydrogen-bond acceptors (Lipinski definition) is 8. The van der Waals surface area contributed by atoms with E-state index in [-0.39, 0.29) is 35.4 Å². The molecule has 15 heteroatoms. The average molecular weight is 636 g/mol. The van der Waals surface area contributed by atoms with Gasteiger partial charge in [-0.1, -0.05) is 13.8 Å². The minimum atomic E-state index is -5.08. The van der Waals surface area contributed by atoms with Crippen molar-refractivity contribution in [1.82, 2.24) is 19.4 Å². The molecule has 2 atom stereocenters. The molecule has 2 aliphatic heterocycles. The molecule has 0 radical (unpaired) electrons. The first-order valence-corrected chi connectivity index (χ1v) is 14.5. The number of rotatable bonds is 6. The smallest absolute Gasteiger partial charge is 0.374 e. The predicted octanol–water partition coefficient (Wildman–Crippen LogP) is 3.69. The Hall–Kier alpha value is -4.11. The van der Waals surface area contributed by atoms with E-state index in [1.165, 1.54) is 12.4 Å². The van der Waals surface area contributed by atoms with Gasteiger partial charge >= 0.3 is 6.18 Å². The minimum absolute atomic E-state index is 0.0448. The van der Waals surface area contributed by atoms with Gasteiger partial charge < -0.3 is 25.2 Å². The van der Waals surface area contributed by atoms with Gasteiger partial charge in [0.2, 0.25) is 5.95 Å². The molecule has 45 heavy (non-hydrogen) atoms. The maximum atomic E-state index is 16.7. The third kappa shape index (κ3) is 6.36. The fourth-order valence-corrected chi connectivity index (χ4v) is 5.61. The third-order valence-electron chi connectivity index (χ3n) is 8.38. The molecule has 0 aliphatic carbocycles. The van der Waals surface area contributed by atoms with Crippen molar-refractivity contribution >= 4 is 17.5 Å². The maximum Gasteiger partial charge on any atom is 0.417 e. The Morgan fingerprint density at radius 2 is 1.76 bits per heavy atom. The third-order valence-corrected chi connectivity index (χ3v) is 8.38. The van der Waals surface area contributed by atoms with Crippen molar-refractivity contribution in [1.29, 1.82) is 0 Å². The molecule has 1 aromatic carbocycles. The van der Waals surface area contributed by atoms with E-state index in [9.17, 15) is 22.8 Å². The molecule has 2 saturated heterocycles. The number of piperazine rings is 1. The zero-order valence-electron chi connectivity index (χ0n) is 25.2.